The summed E-state index contributed by atoms with van der Waals surface area (Å²) in [5.41, 5.74) is 3.13. The van der Waals surface area contributed by atoms with Crippen molar-refractivity contribution in [2.75, 3.05) is 9.62 Å². The zero-order valence-electron chi connectivity index (χ0n) is 19.8. The summed E-state index contributed by atoms with van der Waals surface area (Å²) in [6.07, 6.45) is 0. The van der Waals surface area contributed by atoms with Crippen LogP contribution in [-0.4, -0.2) is 14.3 Å². The molecule has 1 amide bonds. The quantitative estimate of drug-likeness (QED) is 0.312. The summed E-state index contributed by atoms with van der Waals surface area (Å²) < 4.78 is 28.9. The number of carbonyl (C=O) groups is 1. The van der Waals surface area contributed by atoms with Crippen molar-refractivity contribution in [3.05, 3.63) is 126 Å². The van der Waals surface area contributed by atoms with Gasteiger partial charge >= 0.3 is 0 Å². The summed E-state index contributed by atoms with van der Waals surface area (Å²) in [5, 5.41) is 3.00. The Hall–Kier alpha value is -3.90. The molecule has 0 radical (unpaired) electrons. The van der Waals surface area contributed by atoms with Crippen LogP contribution in [0.5, 0.6) is 0 Å². The molecule has 0 fully saturated rings. The second-order valence-electron chi connectivity index (χ2n) is 8.52. The Morgan fingerprint density at radius 1 is 0.771 bits per heavy atom. The fraction of sp³-hybridized carbons (Fsp3) is 0.138. The second kappa shape index (κ2) is 10.6. The molecule has 0 aliphatic heterocycles. The number of carbonyl (C=O) groups excluding carboxylic acids is 1. The van der Waals surface area contributed by atoms with E-state index in [1.54, 1.807) is 54.6 Å². The normalized spacial score (nSPS) is 11.3. The predicted octanol–water partition coefficient (Wildman–Crippen LogP) is 6.46. The Bertz CT molecular complexity index is 1400. The molecule has 1 N–H and O–H groups in total. The molecule has 0 aliphatic rings. The highest BCUT2D eigenvalue weighted by Gasteiger charge is 2.28. The van der Waals surface area contributed by atoms with Crippen LogP contribution in [0.15, 0.2) is 114 Å². The number of para-hydroxylation sites is 2. The van der Waals surface area contributed by atoms with E-state index in [1.807, 2.05) is 54.6 Å². The van der Waals surface area contributed by atoms with Crippen molar-refractivity contribution in [3.8, 4) is 0 Å². The molecule has 178 valence electrons. The molecular formula is C29H28N2O3S. The summed E-state index contributed by atoms with van der Waals surface area (Å²) in [6, 6.07) is 32.1. The van der Waals surface area contributed by atoms with Gasteiger partial charge < -0.3 is 5.32 Å². The van der Waals surface area contributed by atoms with Gasteiger partial charge in [-0.15, -0.1) is 0 Å². The van der Waals surface area contributed by atoms with Gasteiger partial charge in [0, 0.05) is 5.69 Å². The molecule has 0 aromatic heterocycles. The van der Waals surface area contributed by atoms with Gasteiger partial charge in [0.2, 0.25) is 0 Å². The highest BCUT2D eigenvalue weighted by Crippen LogP contribution is 2.31. The van der Waals surface area contributed by atoms with E-state index in [4.69, 9.17) is 0 Å². The summed E-state index contributed by atoms with van der Waals surface area (Å²) in [5.74, 6) is -0.148. The number of nitrogens with zero attached hydrogens (tertiary/aromatic N) is 1. The molecule has 0 atom stereocenters. The highest BCUT2D eigenvalue weighted by atomic mass is 32.2. The Morgan fingerprint density at radius 2 is 1.34 bits per heavy atom. The first-order chi connectivity index (χ1) is 16.9. The van der Waals surface area contributed by atoms with Gasteiger partial charge in [-0.05, 0) is 47.4 Å². The zero-order chi connectivity index (χ0) is 24.8. The van der Waals surface area contributed by atoms with E-state index in [2.05, 4.69) is 19.2 Å². The molecular weight excluding hydrogens is 456 g/mol. The van der Waals surface area contributed by atoms with Crippen LogP contribution < -0.4 is 9.62 Å². The Labute approximate surface area is 207 Å². The van der Waals surface area contributed by atoms with Crippen LogP contribution in [0.4, 0.5) is 11.4 Å². The summed E-state index contributed by atoms with van der Waals surface area (Å²) in [4.78, 5) is 13.7. The summed E-state index contributed by atoms with van der Waals surface area (Å²) >= 11 is 0. The summed E-state index contributed by atoms with van der Waals surface area (Å²) in [6.45, 7) is 4.21. The fourth-order valence-electron chi connectivity index (χ4n) is 3.96. The van der Waals surface area contributed by atoms with Gasteiger partial charge in [-0.25, -0.2) is 8.42 Å². The van der Waals surface area contributed by atoms with Gasteiger partial charge in [0.15, 0.2) is 0 Å². The lowest BCUT2D eigenvalue weighted by molar-refractivity contribution is 0.102. The standard InChI is InChI=1S/C29H28N2O3S/c1-22(2)25-17-9-11-19-27(25)30-29(32)26-18-10-12-20-28(26)31(21-23-13-5-3-6-14-23)35(33,34)24-15-7-4-8-16-24/h3-20,22H,21H2,1-2H3,(H,30,32). The molecule has 6 heteroatoms. The molecule has 0 aliphatic carbocycles. The van der Waals surface area contributed by atoms with E-state index in [-0.39, 0.29) is 28.8 Å². The first-order valence-electron chi connectivity index (χ1n) is 11.5. The van der Waals surface area contributed by atoms with E-state index in [9.17, 15) is 13.2 Å². The first-order valence-corrected chi connectivity index (χ1v) is 12.9. The Morgan fingerprint density at radius 3 is 2.03 bits per heavy atom. The van der Waals surface area contributed by atoms with E-state index in [1.165, 1.54) is 4.31 Å². The van der Waals surface area contributed by atoms with Crippen molar-refractivity contribution >= 4 is 27.3 Å². The van der Waals surface area contributed by atoms with E-state index >= 15 is 0 Å². The van der Waals surface area contributed by atoms with Crippen LogP contribution in [0.25, 0.3) is 0 Å². The number of sulfonamides is 1. The fourth-order valence-corrected chi connectivity index (χ4v) is 5.45. The number of benzene rings is 4. The monoisotopic (exact) mass is 484 g/mol. The van der Waals surface area contributed by atoms with Crippen LogP contribution in [0.1, 0.15) is 41.3 Å². The Kier molecular flexibility index (Phi) is 7.32. The highest BCUT2D eigenvalue weighted by molar-refractivity contribution is 7.92. The van der Waals surface area contributed by atoms with Crippen molar-refractivity contribution < 1.29 is 13.2 Å². The van der Waals surface area contributed by atoms with Crippen molar-refractivity contribution in [3.63, 3.8) is 0 Å². The molecule has 5 nitrogen and oxygen atoms in total. The average Bonchev–Trinajstić information content (AvgIpc) is 2.88. The third kappa shape index (κ3) is 5.44. The maximum absolute atomic E-state index is 13.8. The van der Waals surface area contributed by atoms with Gasteiger partial charge in [-0.3, -0.25) is 9.10 Å². The van der Waals surface area contributed by atoms with E-state index < -0.39 is 10.0 Å². The van der Waals surface area contributed by atoms with Gasteiger partial charge in [0.25, 0.3) is 15.9 Å². The van der Waals surface area contributed by atoms with Gasteiger partial charge in [-0.2, -0.15) is 0 Å². The summed E-state index contributed by atoms with van der Waals surface area (Å²) in [7, 11) is -3.95. The van der Waals surface area contributed by atoms with Crippen LogP contribution >= 0.6 is 0 Å². The van der Waals surface area contributed by atoms with Crippen LogP contribution in [0, 0.1) is 0 Å². The first kappa shape index (κ1) is 24.2. The number of nitrogens with one attached hydrogen (secondary N) is 1. The van der Waals surface area contributed by atoms with Crippen molar-refractivity contribution in [2.24, 2.45) is 0 Å². The molecule has 35 heavy (non-hydrogen) atoms. The number of rotatable bonds is 8. The zero-order valence-corrected chi connectivity index (χ0v) is 20.6. The Balaban J connectivity index is 1.79. The molecule has 0 unspecified atom stereocenters. The van der Waals surface area contributed by atoms with Gasteiger partial charge in [0.05, 0.1) is 22.7 Å². The van der Waals surface area contributed by atoms with Gasteiger partial charge in [0.1, 0.15) is 0 Å². The maximum Gasteiger partial charge on any atom is 0.264 e. The third-order valence-electron chi connectivity index (χ3n) is 5.75. The molecule has 4 aromatic carbocycles. The SMILES string of the molecule is CC(C)c1ccccc1NC(=O)c1ccccc1N(Cc1ccccc1)S(=O)(=O)c1ccccc1. The molecule has 4 rings (SSSR count). The minimum Gasteiger partial charge on any atom is -0.322 e. The molecule has 0 saturated heterocycles. The minimum absolute atomic E-state index is 0.0882. The molecule has 0 saturated carbocycles. The predicted molar refractivity (Wildman–Crippen MR) is 141 cm³/mol. The van der Waals surface area contributed by atoms with Crippen LogP contribution in [-0.2, 0) is 16.6 Å². The number of hydrogen-bond acceptors (Lipinski definition) is 3. The average molecular weight is 485 g/mol. The van der Waals surface area contributed by atoms with Crippen LogP contribution in [0.2, 0.25) is 0 Å². The second-order valence-corrected chi connectivity index (χ2v) is 10.4. The van der Waals surface area contributed by atoms with Crippen LogP contribution in [0.3, 0.4) is 0 Å². The molecule has 0 heterocycles. The third-order valence-corrected chi connectivity index (χ3v) is 7.52. The lowest BCUT2D eigenvalue weighted by Gasteiger charge is -2.27. The molecule has 0 spiro atoms. The van der Waals surface area contributed by atoms with Crippen molar-refractivity contribution in [2.45, 2.75) is 31.2 Å². The number of hydrogen-bond donors (Lipinski definition) is 1. The number of amides is 1. The largest absolute Gasteiger partial charge is 0.322 e. The van der Waals surface area contributed by atoms with Crippen molar-refractivity contribution in [1.82, 2.24) is 0 Å². The number of anilines is 2. The molecule has 4 aromatic rings. The van der Waals surface area contributed by atoms with Gasteiger partial charge in [-0.1, -0.05) is 92.7 Å². The van der Waals surface area contributed by atoms with E-state index in [0.29, 0.717) is 11.4 Å². The lowest BCUT2D eigenvalue weighted by Crippen LogP contribution is -2.32. The van der Waals surface area contributed by atoms with Crippen molar-refractivity contribution in [1.29, 1.82) is 0 Å². The topological polar surface area (TPSA) is 66.5 Å². The minimum atomic E-state index is -3.95. The maximum atomic E-state index is 13.8. The smallest absolute Gasteiger partial charge is 0.264 e. The van der Waals surface area contributed by atoms with E-state index in [0.717, 1.165) is 11.1 Å². The lowest BCUT2D eigenvalue weighted by atomic mass is 10.0. The molecule has 0 bridgehead atoms.